The van der Waals surface area contributed by atoms with Crippen molar-refractivity contribution in [3.8, 4) is 0 Å². The first-order valence-corrected chi connectivity index (χ1v) is 7.76. The summed E-state index contributed by atoms with van der Waals surface area (Å²) in [7, 11) is 1.69. The van der Waals surface area contributed by atoms with E-state index in [0.29, 0.717) is 25.1 Å². The van der Waals surface area contributed by atoms with E-state index in [1.807, 2.05) is 4.90 Å². The Kier molecular flexibility index (Phi) is 5.22. The summed E-state index contributed by atoms with van der Waals surface area (Å²) in [6.07, 6.45) is 7.21. The zero-order valence-electron chi connectivity index (χ0n) is 13.1. The summed E-state index contributed by atoms with van der Waals surface area (Å²) in [6, 6.07) is 0.577. The minimum Gasteiger partial charge on any atom is -0.383 e. The number of allylic oxidation sites excluding steroid dienone is 1. The molecule has 1 spiro atoms. The van der Waals surface area contributed by atoms with Crippen molar-refractivity contribution in [3.63, 3.8) is 0 Å². The van der Waals surface area contributed by atoms with E-state index in [1.165, 1.54) is 0 Å². The molecule has 1 amide bonds. The van der Waals surface area contributed by atoms with Crippen molar-refractivity contribution in [1.82, 2.24) is 9.80 Å². The van der Waals surface area contributed by atoms with Crippen molar-refractivity contribution in [1.29, 1.82) is 0 Å². The molecule has 20 heavy (non-hydrogen) atoms. The lowest BCUT2D eigenvalue weighted by Crippen LogP contribution is -2.51. The molecule has 4 heteroatoms. The van der Waals surface area contributed by atoms with Gasteiger partial charge in [-0.3, -0.25) is 4.79 Å². The molecule has 0 unspecified atom stereocenters. The van der Waals surface area contributed by atoms with E-state index >= 15 is 0 Å². The lowest BCUT2D eigenvalue weighted by molar-refractivity contribution is -0.145. The Morgan fingerprint density at radius 3 is 2.60 bits per heavy atom. The average Bonchev–Trinajstić information content (AvgIpc) is 2.59. The Labute approximate surface area is 122 Å². The first-order chi connectivity index (χ1) is 9.59. The fourth-order valence-corrected chi connectivity index (χ4v) is 3.30. The second-order valence-electron chi connectivity index (χ2n) is 6.33. The number of amides is 1. The number of rotatable bonds is 4. The maximum Gasteiger partial charge on any atom is 0.229 e. The smallest absolute Gasteiger partial charge is 0.229 e. The SMILES string of the molecule is COCCN1CC=CCC2(CCN(C(C)C)CC2)C1=O. The topological polar surface area (TPSA) is 32.8 Å². The highest BCUT2D eigenvalue weighted by Crippen LogP contribution is 2.39. The Morgan fingerprint density at radius 1 is 1.30 bits per heavy atom. The lowest BCUT2D eigenvalue weighted by atomic mass is 9.74. The van der Waals surface area contributed by atoms with Crippen LogP contribution in [0.3, 0.4) is 0 Å². The normalized spacial score (nSPS) is 23.6. The zero-order chi connectivity index (χ0) is 14.6. The van der Waals surface area contributed by atoms with Crippen LogP contribution in [0.2, 0.25) is 0 Å². The molecule has 0 bridgehead atoms. The average molecular weight is 280 g/mol. The fraction of sp³-hybridized carbons (Fsp3) is 0.812. The molecule has 0 aromatic rings. The standard InChI is InChI=1S/C16H28N2O2/c1-14(2)17-10-7-16(8-11-17)6-4-5-9-18(15(16)19)12-13-20-3/h4-5,14H,6-13H2,1-3H3. The van der Waals surface area contributed by atoms with Crippen LogP contribution in [0.25, 0.3) is 0 Å². The molecule has 0 aromatic heterocycles. The number of carbonyl (C=O) groups excluding carboxylic acids is 1. The molecular formula is C16H28N2O2. The molecule has 2 rings (SSSR count). The van der Waals surface area contributed by atoms with Crippen LogP contribution in [0.1, 0.15) is 33.1 Å². The highest BCUT2D eigenvalue weighted by molar-refractivity contribution is 5.83. The first-order valence-electron chi connectivity index (χ1n) is 7.76. The minimum absolute atomic E-state index is 0.161. The van der Waals surface area contributed by atoms with E-state index < -0.39 is 0 Å². The van der Waals surface area contributed by atoms with Crippen molar-refractivity contribution in [2.75, 3.05) is 39.9 Å². The molecule has 2 aliphatic rings. The van der Waals surface area contributed by atoms with Crippen molar-refractivity contribution >= 4 is 5.91 Å². The summed E-state index contributed by atoms with van der Waals surface area (Å²) in [6.45, 7) is 8.60. The van der Waals surface area contributed by atoms with E-state index in [1.54, 1.807) is 7.11 Å². The van der Waals surface area contributed by atoms with Gasteiger partial charge in [-0.15, -0.1) is 0 Å². The quantitative estimate of drug-likeness (QED) is 0.738. The van der Waals surface area contributed by atoms with Gasteiger partial charge in [0.05, 0.1) is 12.0 Å². The van der Waals surface area contributed by atoms with Gasteiger partial charge in [0.25, 0.3) is 0 Å². The number of methoxy groups -OCH3 is 1. The Balaban J connectivity index is 2.06. The van der Waals surface area contributed by atoms with Crippen LogP contribution in [0.5, 0.6) is 0 Å². The van der Waals surface area contributed by atoms with Crippen LogP contribution in [-0.4, -0.2) is 61.6 Å². The number of carbonyl (C=O) groups is 1. The fourth-order valence-electron chi connectivity index (χ4n) is 3.30. The molecule has 0 atom stereocenters. The predicted molar refractivity (Wildman–Crippen MR) is 80.6 cm³/mol. The second kappa shape index (κ2) is 6.72. The third-order valence-electron chi connectivity index (χ3n) is 4.79. The van der Waals surface area contributed by atoms with Gasteiger partial charge in [-0.1, -0.05) is 12.2 Å². The predicted octanol–water partition coefficient (Wildman–Crippen LogP) is 1.91. The molecule has 2 heterocycles. The minimum atomic E-state index is -0.161. The van der Waals surface area contributed by atoms with Gasteiger partial charge in [0.1, 0.15) is 0 Å². The molecule has 0 aromatic carbocycles. The van der Waals surface area contributed by atoms with E-state index in [-0.39, 0.29) is 5.41 Å². The lowest BCUT2D eigenvalue weighted by Gasteiger charge is -2.43. The van der Waals surface area contributed by atoms with E-state index in [0.717, 1.165) is 38.9 Å². The molecule has 2 aliphatic heterocycles. The molecule has 0 N–H and O–H groups in total. The van der Waals surface area contributed by atoms with Crippen LogP contribution in [0, 0.1) is 5.41 Å². The summed E-state index contributed by atoms with van der Waals surface area (Å²) in [5.41, 5.74) is -0.161. The van der Waals surface area contributed by atoms with Gasteiger partial charge in [0.2, 0.25) is 5.91 Å². The highest BCUT2D eigenvalue weighted by Gasteiger charge is 2.43. The van der Waals surface area contributed by atoms with Crippen LogP contribution in [0.15, 0.2) is 12.2 Å². The Morgan fingerprint density at radius 2 is 2.00 bits per heavy atom. The molecule has 4 nitrogen and oxygen atoms in total. The summed E-state index contributed by atoms with van der Waals surface area (Å²) in [5.74, 6) is 0.336. The van der Waals surface area contributed by atoms with Gasteiger partial charge in [0, 0.05) is 26.2 Å². The van der Waals surface area contributed by atoms with E-state index in [9.17, 15) is 4.79 Å². The third-order valence-corrected chi connectivity index (χ3v) is 4.79. The van der Waals surface area contributed by atoms with Crippen LogP contribution in [0.4, 0.5) is 0 Å². The van der Waals surface area contributed by atoms with Crippen molar-refractivity contribution < 1.29 is 9.53 Å². The summed E-state index contributed by atoms with van der Waals surface area (Å²) < 4.78 is 5.13. The number of piperidine rings is 1. The van der Waals surface area contributed by atoms with Gasteiger partial charge in [-0.25, -0.2) is 0 Å². The molecule has 0 aliphatic carbocycles. The van der Waals surface area contributed by atoms with Crippen LogP contribution in [-0.2, 0) is 9.53 Å². The molecule has 1 fully saturated rings. The summed E-state index contributed by atoms with van der Waals surface area (Å²) in [4.78, 5) is 17.4. The Bertz CT molecular complexity index is 357. The summed E-state index contributed by atoms with van der Waals surface area (Å²) >= 11 is 0. The number of hydrogen-bond acceptors (Lipinski definition) is 3. The number of hydrogen-bond donors (Lipinski definition) is 0. The Hall–Kier alpha value is -0.870. The third kappa shape index (κ3) is 3.23. The van der Waals surface area contributed by atoms with Gasteiger partial charge in [0.15, 0.2) is 0 Å². The highest BCUT2D eigenvalue weighted by atomic mass is 16.5. The second-order valence-corrected chi connectivity index (χ2v) is 6.33. The maximum absolute atomic E-state index is 12.9. The first kappa shape index (κ1) is 15.5. The van der Waals surface area contributed by atoms with Crippen molar-refractivity contribution in [2.45, 2.75) is 39.2 Å². The number of nitrogens with zero attached hydrogens (tertiary/aromatic N) is 2. The number of likely N-dealkylation sites (tertiary alicyclic amines) is 1. The van der Waals surface area contributed by atoms with Crippen LogP contribution < -0.4 is 0 Å². The van der Waals surface area contributed by atoms with Gasteiger partial charge >= 0.3 is 0 Å². The van der Waals surface area contributed by atoms with Crippen molar-refractivity contribution in [2.24, 2.45) is 5.41 Å². The summed E-state index contributed by atoms with van der Waals surface area (Å²) in [5, 5.41) is 0. The maximum atomic E-state index is 12.9. The molecule has 0 radical (unpaired) electrons. The number of ether oxygens (including phenoxy) is 1. The molecular weight excluding hydrogens is 252 g/mol. The van der Waals surface area contributed by atoms with Crippen LogP contribution >= 0.6 is 0 Å². The zero-order valence-corrected chi connectivity index (χ0v) is 13.1. The molecule has 0 saturated carbocycles. The largest absolute Gasteiger partial charge is 0.383 e. The van der Waals surface area contributed by atoms with Gasteiger partial charge in [-0.05, 0) is 46.2 Å². The monoisotopic (exact) mass is 280 g/mol. The molecule has 1 saturated heterocycles. The molecule has 114 valence electrons. The van der Waals surface area contributed by atoms with E-state index in [4.69, 9.17) is 4.74 Å². The van der Waals surface area contributed by atoms with E-state index in [2.05, 4.69) is 30.9 Å². The van der Waals surface area contributed by atoms with Gasteiger partial charge in [-0.2, -0.15) is 0 Å². The van der Waals surface area contributed by atoms with Gasteiger partial charge < -0.3 is 14.5 Å². The van der Waals surface area contributed by atoms with Crippen molar-refractivity contribution in [3.05, 3.63) is 12.2 Å².